The first-order chi connectivity index (χ1) is 15.2. The Balaban J connectivity index is 1.12. The van der Waals surface area contributed by atoms with Crippen molar-refractivity contribution in [1.29, 1.82) is 0 Å². The van der Waals surface area contributed by atoms with Crippen LogP contribution in [0.3, 0.4) is 0 Å². The van der Waals surface area contributed by atoms with E-state index in [1.165, 1.54) is 56.4 Å². The molecule has 5 rings (SSSR count). The molecule has 3 fully saturated rings. The number of carbonyl (C=O) groups excluding carboxylic acids is 1. The van der Waals surface area contributed by atoms with Gasteiger partial charge in [-0.15, -0.1) is 0 Å². The van der Waals surface area contributed by atoms with Crippen LogP contribution in [0.1, 0.15) is 37.7 Å². The Morgan fingerprint density at radius 3 is 2.13 bits per heavy atom. The van der Waals surface area contributed by atoms with Gasteiger partial charge in [-0.1, -0.05) is 12.1 Å². The maximum Gasteiger partial charge on any atom is 0.237 e. The van der Waals surface area contributed by atoms with E-state index in [-0.39, 0.29) is 5.91 Å². The summed E-state index contributed by atoms with van der Waals surface area (Å²) < 4.78 is 0. The van der Waals surface area contributed by atoms with Crippen molar-refractivity contribution < 1.29 is 4.79 Å². The number of piperazine rings is 1. The predicted octanol–water partition coefficient (Wildman–Crippen LogP) is 4.47. The van der Waals surface area contributed by atoms with Crippen LogP contribution in [0.2, 0.25) is 0 Å². The number of carbonyl (C=O) groups is 1. The number of rotatable bonds is 7. The van der Waals surface area contributed by atoms with Gasteiger partial charge in [0.15, 0.2) is 0 Å². The van der Waals surface area contributed by atoms with E-state index < -0.39 is 0 Å². The zero-order chi connectivity index (χ0) is 21.0. The van der Waals surface area contributed by atoms with Crippen LogP contribution in [-0.4, -0.2) is 55.0 Å². The summed E-state index contributed by atoms with van der Waals surface area (Å²) >= 11 is 0. The van der Waals surface area contributed by atoms with Crippen LogP contribution >= 0.6 is 0 Å². The van der Waals surface area contributed by atoms with Crippen LogP contribution in [0.25, 0.3) is 0 Å². The van der Waals surface area contributed by atoms with Gasteiger partial charge >= 0.3 is 0 Å². The molecule has 2 aromatic rings. The summed E-state index contributed by atoms with van der Waals surface area (Å²) in [5.41, 5.74) is 4.70. The summed E-state index contributed by atoms with van der Waals surface area (Å²) in [5.74, 6) is 1.11. The highest BCUT2D eigenvalue weighted by Gasteiger charge is 2.29. The molecule has 0 radical (unpaired) electrons. The molecular formula is C26H34N4O. The van der Waals surface area contributed by atoms with Gasteiger partial charge in [0.2, 0.25) is 5.91 Å². The van der Waals surface area contributed by atoms with Gasteiger partial charge in [-0.2, -0.15) is 0 Å². The molecule has 0 unspecified atom stereocenters. The lowest BCUT2D eigenvalue weighted by atomic mass is 10.1. The van der Waals surface area contributed by atoms with Crippen LogP contribution in [0.5, 0.6) is 0 Å². The molecule has 164 valence electrons. The van der Waals surface area contributed by atoms with Crippen molar-refractivity contribution in [2.75, 3.05) is 49.5 Å². The fourth-order valence-electron chi connectivity index (χ4n) is 4.73. The molecule has 2 saturated heterocycles. The van der Waals surface area contributed by atoms with E-state index in [0.29, 0.717) is 13.1 Å². The lowest BCUT2D eigenvalue weighted by Crippen LogP contribution is -2.50. The SMILES string of the molecule is O=C1CN(CC2CC2)CCN1Cc1ccc(Nc2ccc(N3CCCCC3)cc2)cc1. The van der Waals surface area contributed by atoms with Crippen molar-refractivity contribution in [2.45, 2.75) is 38.6 Å². The highest BCUT2D eigenvalue weighted by molar-refractivity contribution is 5.79. The monoisotopic (exact) mass is 418 g/mol. The molecule has 0 bridgehead atoms. The molecule has 1 N–H and O–H groups in total. The van der Waals surface area contributed by atoms with Crippen molar-refractivity contribution in [2.24, 2.45) is 5.92 Å². The second-order valence-electron chi connectivity index (χ2n) is 9.41. The van der Waals surface area contributed by atoms with Crippen LogP contribution in [0.4, 0.5) is 17.1 Å². The quantitative estimate of drug-likeness (QED) is 0.720. The molecule has 2 heterocycles. The van der Waals surface area contributed by atoms with E-state index in [2.05, 4.69) is 63.6 Å². The van der Waals surface area contributed by atoms with E-state index in [4.69, 9.17) is 0 Å². The Kier molecular flexibility index (Phi) is 6.12. The molecule has 2 aromatic carbocycles. The van der Waals surface area contributed by atoms with E-state index in [1.54, 1.807) is 0 Å². The van der Waals surface area contributed by atoms with Crippen LogP contribution in [0.15, 0.2) is 48.5 Å². The third-order valence-corrected chi connectivity index (χ3v) is 6.82. The smallest absolute Gasteiger partial charge is 0.237 e. The predicted molar refractivity (Wildman–Crippen MR) is 127 cm³/mol. The average molecular weight is 419 g/mol. The minimum atomic E-state index is 0.267. The van der Waals surface area contributed by atoms with Gasteiger partial charge in [-0.25, -0.2) is 0 Å². The van der Waals surface area contributed by atoms with Gasteiger partial charge in [0.25, 0.3) is 0 Å². The van der Waals surface area contributed by atoms with Crippen LogP contribution < -0.4 is 10.2 Å². The summed E-state index contributed by atoms with van der Waals surface area (Å²) in [4.78, 5) is 19.3. The number of hydrogen-bond donors (Lipinski definition) is 1. The normalized spacial score (nSPS) is 20.2. The number of benzene rings is 2. The molecular weight excluding hydrogens is 384 g/mol. The summed E-state index contributed by atoms with van der Waals surface area (Å²) in [6, 6.07) is 17.3. The van der Waals surface area contributed by atoms with E-state index in [1.807, 2.05) is 4.90 Å². The van der Waals surface area contributed by atoms with Gasteiger partial charge in [-0.3, -0.25) is 9.69 Å². The first kappa shape index (κ1) is 20.4. The molecule has 1 saturated carbocycles. The molecule has 3 aliphatic rings. The molecule has 1 amide bonds. The first-order valence-corrected chi connectivity index (χ1v) is 11.9. The number of anilines is 3. The maximum atomic E-state index is 12.5. The van der Waals surface area contributed by atoms with Crippen molar-refractivity contribution in [3.8, 4) is 0 Å². The molecule has 0 atom stereocenters. The zero-order valence-electron chi connectivity index (χ0n) is 18.4. The number of piperidine rings is 1. The van der Waals surface area contributed by atoms with Crippen molar-refractivity contribution in [3.63, 3.8) is 0 Å². The van der Waals surface area contributed by atoms with Gasteiger partial charge in [0.1, 0.15) is 0 Å². The summed E-state index contributed by atoms with van der Waals surface area (Å²) in [6.07, 6.45) is 6.65. The Bertz CT molecular complexity index is 869. The molecule has 1 aliphatic carbocycles. The molecule has 0 aromatic heterocycles. The Morgan fingerprint density at radius 1 is 0.806 bits per heavy atom. The summed E-state index contributed by atoms with van der Waals surface area (Å²) in [5, 5.41) is 3.50. The molecule has 31 heavy (non-hydrogen) atoms. The summed E-state index contributed by atoms with van der Waals surface area (Å²) in [6.45, 7) is 6.60. The third-order valence-electron chi connectivity index (χ3n) is 6.82. The fraction of sp³-hybridized carbons (Fsp3) is 0.500. The van der Waals surface area contributed by atoms with Crippen molar-refractivity contribution in [1.82, 2.24) is 9.80 Å². The maximum absolute atomic E-state index is 12.5. The highest BCUT2D eigenvalue weighted by atomic mass is 16.2. The van der Waals surface area contributed by atoms with Crippen LogP contribution in [-0.2, 0) is 11.3 Å². The lowest BCUT2D eigenvalue weighted by molar-refractivity contribution is -0.136. The largest absolute Gasteiger partial charge is 0.372 e. The Morgan fingerprint density at radius 2 is 1.48 bits per heavy atom. The fourth-order valence-corrected chi connectivity index (χ4v) is 4.73. The number of nitrogens with zero attached hydrogens (tertiary/aromatic N) is 3. The van der Waals surface area contributed by atoms with E-state index in [9.17, 15) is 4.79 Å². The second kappa shape index (κ2) is 9.31. The molecule has 2 aliphatic heterocycles. The van der Waals surface area contributed by atoms with Gasteiger partial charge in [0.05, 0.1) is 6.54 Å². The minimum Gasteiger partial charge on any atom is -0.372 e. The highest BCUT2D eigenvalue weighted by Crippen LogP contribution is 2.30. The first-order valence-electron chi connectivity index (χ1n) is 11.9. The van der Waals surface area contributed by atoms with Crippen LogP contribution in [0, 0.1) is 5.92 Å². The number of hydrogen-bond acceptors (Lipinski definition) is 4. The van der Waals surface area contributed by atoms with Gasteiger partial charge in [0, 0.05) is 56.3 Å². The third kappa shape index (κ3) is 5.40. The Hall–Kier alpha value is -2.53. The minimum absolute atomic E-state index is 0.267. The molecule has 0 spiro atoms. The van der Waals surface area contributed by atoms with Gasteiger partial charge < -0.3 is 15.1 Å². The van der Waals surface area contributed by atoms with Crippen molar-refractivity contribution in [3.05, 3.63) is 54.1 Å². The van der Waals surface area contributed by atoms with E-state index >= 15 is 0 Å². The van der Waals surface area contributed by atoms with Crippen molar-refractivity contribution >= 4 is 23.0 Å². The summed E-state index contributed by atoms with van der Waals surface area (Å²) in [7, 11) is 0. The molecule has 5 nitrogen and oxygen atoms in total. The van der Waals surface area contributed by atoms with E-state index in [0.717, 1.165) is 36.9 Å². The number of nitrogens with one attached hydrogen (secondary N) is 1. The lowest BCUT2D eigenvalue weighted by Gasteiger charge is -2.34. The average Bonchev–Trinajstić information content (AvgIpc) is 3.62. The topological polar surface area (TPSA) is 38.8 Å². The van der Waals surface area contributed by atoms with Gasteiger partial charge in [-0.05, 0) is 80.0 Å². The Labute approximate surface area is 186 Å². The number of amides is 1. The second-order valence-corrected chi connectivity index (χ2v) is 9.41. The zero-order valence-corrected chi connectivity index (χ0v) is 18.4. The standard InChI is InChI=1S/C26H34N4O/c31-26-20-28(18-21-4-5-21)16-17-30(26)19-22-6-8-23(9-7-22)27-24-10-12-25(13-11-24)29-14-2-1-3-15-29/h6-13,21,27H,1-5,14-20H2. The molecule has 5 heteroatoms.